The minimum atomic E-state index is -0.932. The number of amides is 1. The zero-order valence-electron chi connectivity index (χ0n) is 11.8. The molecule has 1 aliphatic carbocycles. The summed E-state index contributed by atoms with van der Waals surface area (Å²) in [6, 6.07) is 0. The van der Waals surface area contributed by atoms with Crippen molar-refractivity contribution in [3.8, 4) is 0 Å². The van der Waals surface area contributed by atoms with Crippen LogP contribution in [0.15, 0.2) is 0 Å². The Balaban J connectivity index is 2.30. The minimum absolute atomic E-state index is 0.0593. The average Bonchev–Trinajstić information content (AvgIpc) is 2.36. The molecule has 0 spiro atoms. The first kappa shape index (κ1) is 15.0. The molecule has 104 valence electrons. The van der Waals surface area contributed by atoms with Gasteiger partial charge in [-0.3, -0.25) is 4.79 Å². The van der Waals surface area contributed by atoms with Crippen molar-refractivity contribution in [3.63, 3.8) is 0 Å². The predicted octanol–water partition coefficient (Wildman–Crippen LogP) is 2.41. The van der Waals surface area contributed by atoms with Crippen LogP contribution in [-0.4, -0.2) is 24.5 Å². The first-order valence-electron chi connectivity index (χ1n) is 6.85. The number of hydrogen-bond acceptors (Lipinski definition) is 3. The van der Waals surface area contributed by atoms with Crippen molar-refractivity contribution in [2.24, 2.45) is 5.92 Å². The van der Waals surface area contributed by atoms with Gasteiger partial charge in [-0.2, -0.15) is 0 Å². The molecule has 1 N–H and O–H groups in total. The van der Waals surface area contributed by atoms with Crippen molar-refractivity contribution in [3.05, 3.63) is 0 Å². The van der Waals surface area contributed by atoms with Crippen molar-refractivity contribution in [1.29, 1.82) is 0 Å². The van der Waals surface area contributed by atoms with E-state index in [4.69, 9.17) is 0 Å². The maximum Gasteiger partial charge on any atom is 0.330 e. The molecule has 0 saturated heterocycles. The Hall–Kier alpha value is -1.06. The van der Waals surface area contributed by atoms with Gasteiger partial charge < -0.3 is 10.1 Å². The van der Waals surface area contributed by atoms with Crippen molar-refractivity contribution < 1.29 is 14.3 Å². The maximum absolute atomic E-state index is 11.8. The van der Waals surface area contributed by atoms with Crippen LogP contribution < -0.4 is 5.32 Å². The summed E-state index contributed by atoms with van der Waals surface area (Å²) in [6.45, 7) is 3.33. The van der Waals surface area contributed by atoms with Gasteiger partial charge in [-0.1, -0.05) is 32.1 Å². The van der Waals surface area contributed by atoms with E-state index in [9.17, 15) is 9.59 Å². The largest absolute Gasteiger partial charge is 0.467 e. The van der Waals surface area contributed by atoms with E-state index in [1.165, 1.54) is 39.2 Å². The molecule has 0 aliphatic heterocycles. The van der Waals surface area contributed by atoms with Crippen LogP contribution in [0.1, 0.15) is 58.8 Å². The van der Waals surface area contributed by atoms with Crippen molar-refractivity contribution in [2.75, 3.05) is 7.11 Å². The first-order valence-corrected chi connectivity index (χ1v) is 6.85. The monoisotopic (exact) mass is 255 g/mol. The third-order valence-electron chi connectivity index (χ3n) is 3.65. The molecule has 4 heteroatoms. The molecule has 0 bridgehead atoms. The maximum atomic E-state index is 11.8. The highest BCUT2D eigenvalue weighted by molar-refractivity contribution is 5.87. The van der Waals surface area contributed by atoms with E-state index in [0.717, 1.165) is 6.42 Å². The van der Waals surface area contributed by atoms with Crippen LogP contribution in [0, 0.1) is 5.92 Å². The van der Waals surface area contributed by atoms with Gasteiger partial charge in [0.25, 0.3) is 0 Å². The Morgan fingerprint density at radius 1 is 1.22 bits per heavy atom. The minimum Gasteiger partial charge on any atom is -0.467 e. The highest BCUT2D eigenvalue weighted by Gasteiger charge is 2.30. The Bertz CT molecular complexity index is 293. The fourth-order valence-corrected chi connectivity index (χ4v) is 2.53. The molecule has 4 nitrogen and oxygen atoms in total. The van der Waals surface area contributed by atoms with E-state index >= 15 is 0 Å². The molecule has 0 unspecified atom stereocenters. The zero-order chi connectivity index (χ0) is 13.6. The number of methoxy groups -OCH3 is 1. The molecule has 0 heterocycles. The lowest BCUT2D eigenvalue weighted by molar-refractivity contribution is -0.149. The fourth-order valence-electron chi connectivity index (χ4n) is 2.53. The van der Waals surface area contributed by atoms with E-state index < -0.39 is 11.5 Å². The standard InChI is InChI=1S/C14H25NO3/c1-14(2,13(17)18-3)15-12(16)10-9-11-7-5-4-6-8-11/h11H,4-10H2,1-3H3,(H,15,16). The molecular weight excluding hydrogens is 230 g/mol. The van der Waals surface area contributed by atoms with E-state index in [2.05, 4.69) is 10.1 Å². The second kappa shape index (κ2) is 6.76. The van der Waals surface area contributed by atoms with Gasteiger partial charge in [-0.15, -0.1) is 0 Å². The van der Waals surface area contributed by atoms with Gasteiger partial charge in [0.05, 0.1) is 7.11 Å². The SMILES string of the molecule is COC(=O)C(C)(C)NC(=O)CCC1CCCCC1. The summed E-state index contributed by atoms with van der Waals surface area (Å²) in [4.78, 5) is 23.2. The van der Waals surface area contributed by atoms with Gasteiger partial charge in [-0.05, 0) is 26.2 Å². The highest BCUT2D eigenvalue weighted by atomic mass is 16.5. The second-order valence-electron chi connectivity index (χ2n) is 5.71. The van der Waals surface area contributed by atoms with E-state index in [-0.39, 0.29) is 5.91 Å². The predicted molar refractivity (Wildman–Crippen MR) is 70.0 cm³/mol. The number of carbonyl (C=O) groups is 2. The Kier molecular flexibility index (Phi) is 5.63. The molecular formula is C14H25NO3. The smallest absolute Gasteiger partial charge is 0.330 e. The van der Waals surface area contributed by atoms with Gasteiger partial charge >= 0.3 is 5.97 Å². The van der Waals surface area contributed by atoms with E-state index in [1.807, 2.05) is 0 Å². The van der Waals surface area contributed by atoms with Crippen LogP contribution in [0.2, 0.25) is 0 Å². The van der Waals surface area contributed by atoms with Crippen molar-refractivity contribution >= 4 is 11.9 Å². The van der Waals surface area contributed by atoms with E-state index in [1.54, 1.807) is 13.8 Å². The number of ether oxygens (including phenoxy) is 1. The summed E-state index contributed by atoms with van der Waals surface area (Å²) < 4.78 is 4.66. The summed E-state index contributed by atoms with van der Waals surface area (Å²) in [5.41, 5.74) is -0.932. The molecule has 1 saturated carbocycles. The fraction of sp³-hybridized carbons (Fsp3) is 0.857. The van der Waals surface area contributed by atoms with Gasteiger partial charge in [-0.25, -0.2) is 4.79 Å². The van der Waals surface area contributed by atoms with Crippen LogP contribution in [0.4, 0.5) is 0 Å². The molecule has 0 aromatic heterocycles. The summed E-state index contributed by atoms with van der Waals surface area (Å²) in [5, 5.41) is 2.73. The lowest BCUT2D eigenvalue weighted by Gasteiger charge is -2.24. The highest BCUT2D eigenvalue weighted by Crippen LogP contribution is 2.27. The lowest BCUT2D eigenvalue weighted by atomic mass is 9.86. The number of rotatable bonds is 5. The van der Waals surface area contributed by atoms with Crippen molar-refractivity contribution in [2.45, 2.75) is 64.3 Å². The molecule has 1 rings (SSSR count). The molecule has 0 aromatic carbocycles. The second-order valence-corrected chi connectivity index (χ2v) is 5.71. The molecule has 18 heavy (non-hydrogen) atoms. The van der Waals surface area contributed by atoms with Crippen molar-refractivity contribution in [1.82, 2.24) is 5.32 Å². The zero-order valence-corrected chi connectivity index (χ0v) is 11.8. The number of hydrogen-bond donors (Lipinski definition) is 1. The summed E-state index contributed by atoms with van der Waals surface area (Å²) in [7, 11) is 1.33. The van der Waals surface area contributed by atoms with Gasteiger partial charge in [0.2, 0.25) is 5.91 Å². The Labute approximate surface area is 109 Å². The van der Waals surface area contributed by atoms with Crippen LogP contribution >= 0.6 is 0 Å². The summed E-state index contributed by atoms with van der Waals surface area (Å²) >= 11 is 0. The lowest BCUT2D eigenvalue weighted by Crippen LogP contribution is -2.50. The molecule has 1 aliphatic rings. The Morgan fingerprint density at radius 3 is 2.39 bits per heavy atom. The van der Waals surface area contributed by atoms with Crippen LogP contribution in [-0.2, 0) is 14.3 Å². The normalized spacial score (nSPS) is 17.3. The molecule has 0 aromatic rings. The summed E-state index contributed by atoms with van der Waals surface area (Å²) in [5.74, 6) is 0.218. The number of nitrogens with one attached hydrogen (secondary N) is 1. The topological polar surface area (TPSA) is 55.4 Å². The van der Waals surface area contributed by atoms with Crippen LogP contribution in [0.25, 0.3) is 0 Å². The van der Waals surface area contributed by atoms with Crippen LogP contribution in [0.5, 0.6) is 0 Å². The third kappa shape index (κ3) is 4.67. The summed E-state index contributed by atoms with van der Waals surface area (Å²) in [6.07, 6.45) is 7.84. The van der Waals surface area contributed by atoms with Gasteiger partial charge in [0, 0.05) is 6.42 Å². The molecule has 0 atom stereocenters. The van der Waals surface area contributed by atoms with Gasteiger partial charge in [0.1, 0.15) is 5.54 Å². The van der Waals surface area contributed by atoms with Crippen LogP contribution in [0.3, 0.4) is 0 Å². The molecule has 0 radical (unpaired) electrons. The Morgan fingerprint density at radius 2 is 1.83 bits per heavy atom. The third-order valence-corrected chi connectivity index (χ3v) is 3.65. The number of carbonyl (C=O) groups excluding carboxylic acids is 2. The van der Waals surface area contributed by atoms with E-state index in [0.29, 0.717) is 12.3 Å². The molecule has 1 fully saturated rings. The van der Waals surface area contributed by atoms with Gasteiger partial charge in [0.15, 0.2) is 0 Å². The quantitative estimate of drug-likeness (QED) is 0.768. The number of esters is 1. The first-order chi connectivity index (χ1) is 8.45. The average molecular weight is 255 g/mol. The molecule has 1 amide bonds.